The second kappa shape index (κ2) is 8.39. The number of nitrogens with one attached hydrogen (secondary N) is 1. The van der Waals surface area contributed by atoms with Gasteiger partial charge in [0.1, 0.15) is 4.99 Å². The van der Waals surface area contributed by atoms with Crippen LogP contribution in [0, 0.1) is 5.92 Å². The second-order valence-corrected chi connectivity index (χ2v) is 5.67. The number of unbranched alkanes of at least 4 members (excludes halogenated alkanes) is 1. The Morgan fingerprint density at radius 2 is 2.16 bits per heavy atom. The van der Waals surface area contributed by atoms with Gasteiger partial charge >= 0.3 is 0 Å². The molecule has 0 saturated carbocycles. The Balaban J connectivity index is 2.71. The molecule has 0 aliphatic carbocycles. The van der Waals surface area contributed by atoms with Gasteiger partial charge in [0, 0.05) is 12.2 Å². The largest absolute Gasteiger partial charge is 0.389 e. The molecule has 1 atom stereocenters. The first-order valence-electron chi connectivity index (χ1n) is 6.92. The van der Waals surface area contributed by atoms with Gasteiger partial charge in [0.05, 0.1) is 10.6 Å². The minimum absolute atomic E-state index is 0.342. The van der Waals surface area contributed by atoms with Gasteiger partial charge in [-0.05, 0) is 24.5 Å². The molecule has 1 aromatic rings. The van der Waals surface area contributed by atoms with Gasteiger partial charge in [0.15, 0.2) is 0 Å². The lowest BCUT2D eigenvalue weighted by atomic mass is 9.99. The number of thiocarbonyl (C=S) groups is 1. The third-order valence-corrected chi connectivity index (χ3v) is 3.90. The summed E-state index contributed by atoms with van der Waals surface area (Å²) in [6, 6.07) is 5.71. The first kappa shape index (κ1) is 16.3. The molecule has 0 saturated heterocycles. The lowest BCUT2D eigenvalue weighted by molar-refractivity contribution is 0.473. The number of benzene rings is 1. The zero-order chi connectivity index (χ0) is 14.3. The fourth-order valence-electron chi connectivity index (χ4n) is 2.12. The molecular formula is C15H23ClN2S. The molecule has 0 spiro atoms. The maximum atomic E-state index is 6.15. The smallest absolute Gasteiger partial charge is 0.107 e. The topological polar surface area (TPSA) is 38.0 Å². The lowest BCUT2D eigenvalue weighted by Crippen LogP contribution is -2.18. The molecule has 0 aliphatic heterocycles. The average Bonchev–Trinajstić information content (AvgIpc) is 2.38. The summed E-state index contributed by atoms with van der Waals surface area (Å²) in [5.41, 5.74) is 7.44. The van der Waals surface area contributed by atoms with E-state index in [2.05, 4.69) is 19.2 Å². The van der Waals surface area contributed by atoms with Gasteiger partial charge in [-0.2, -0.15) is 0 Å². The normalized spacial score (nSPS) is 12.2. The Bertz CT molecular complexity index is 421. The van der Waals surface area contributed by atoms with E-state index in [1.165, 1.54) is 25.7 Å². The molecule has 0 fully saturated rings. The van der Waals surface area contributed by atoms with Crippen LogP contribution in [0.4, 0.5) is 5.69 Å². The van der Waals surface area contributed by atoms with Crippen LogP contribution >= 0.6 is 23.8 Å². The molecule has 0 heterocycles. The van der Waals surface area contributed by atoms with Crippen LogP contribution in [0.2, 0.25) is 5.02 Å². The highest BCUT2D eigenvalue weighted by Crippen LogP contribution is 2.25. The van der Waals surface area contributed by atoms with E-state index in [4.69, 9.17) is 29.6 Å². The maximum Gasteiger partial charge on any atom is 0.107 e. The molecular weight excluding hydrogens is 276 g/mol. The highest BCUT2D eigenvalue weighted by Gasteiger charge is 2.11. The van der Waals surface area contributed by atoms with Crippen molar-refractivity contribution in [2.75, 3.05) is 11.9 Å². The molecule has 0 bridgehead atoms. The van der Waals surface area contributed by atoms with Gasteiger partial charge in [-0.1, -0.05) is 63.0 Å². The summed E-state index contributed by atoms with van der Waals surface area (Å²) in [5.74, 6) is 0.679. The summed E-state index contributed by atoms with van der Waals surface area (Å²) in [6.07, 6.45) is 4.95. The molecule has 106 valence electrons. The summed E-state index contributed by atoms with van der Waals surface area (Å²) in [6.45, 7) is 5.39. The maximum absolute atomic E-state index is 6.15. The fraction of sp³-hybridized carbons (Fsp3) is 0.533. The van der Waals surface area contributed by atoms with Gasteiger partial charge in [-0.3, -0.25) is 0 Å². The van der Waals surface area contributed by atoms with Crippen molar-refractivity contribution in [2.24, 2.45) is 11.7 Å². The van der Waals surface area contributed by atoms with E-state index in [0.717, 1.165) is 17.8 Å². The van der Waals surface area contributed by atoms with Crippen molar-refractivity contribution < 1.29 is 0 Å². The van der Waals surface area contributed by atoms with E-state index in [1.54, 1.807) is 0 Å². The van der Waals surface area contributed by atoms with Gasteiger partial charge in [0.25, 0.3) is 0 Å². The number of anilines is 1. The molecule has 0 radical (unpaired) electrons. The van der Waals surface area contributed by atoms with Crippen LogP contribution in [0.1, 0.15) is 45.1 Å². The Labute approximate surface area is 126 Å². The van der Waals surface area contributed by atoms with E-state index in [9.17, 15) is 0 Å². The zero-order valence-electron chi connectivity index (χ0n) is 11.7. The monoisotopic (exact) mass is 298 g/mol. The number of halogens is 1. The van der Waals surface area contributed by atoms with Crippen molar-refractivity contribution in [3.63, 3.8) is 0 Å². The minimum atomic E-state index is 0.342. The number of hydrogen-bond acceptors (Lipinski definition) is 2. The van der Waals surface area contributed by atoms with E-state index < -0.39 is 0 Å². The Morgan fingerprint density at radius 1 is 1.42 bits per heavy atom. The van der Waals surface area contributed by atoms with Crippen LogP contribution in [-0.2, 0) is 0 Å². The molecule has 3 N–H and O–H groups in total. The third kappa shape index (κ3) is 5.00. The van der Waals surface area contributed by atoms with Crippen molar-refractivity contribution in [1.29, 1.82) is 0 Å². The predicted octanol–water partition coefficient (Wildman–Crippen LogP) is 4.60. The second-order valence-electron chi connectivity index (χ2n) is 4.82. The van der Waals surface area contributed by atoms with Crippen LogP contribution < -0.4 is 11.1 Å². The molecule has 19 heavy (non-hydrogen) atoms. The van der Waals surface area contributed by atoms with Gasteiger partial charge in [-0.15, -0.1) is 0 Å². The average molecular weight is 299 g/mol. The van der Waals surface area contributed by atoms with Crippen LogP contribution in [-0.4, -0.2) is 11.5 Å². The summed E-state index contributed by atoms with van der Waals surface area (Å²) in [4.78, 5) is 0.342. The SMILES string of the molecule is CCCCC(CC)CNc1cccc(Cl)c1C(N)=S. The van der Waals surface area contributed by atoms with Crippen molar-refractivity contribution >= 4 is 34.5 Å². The van der Waals surface area contributed by atoms with Crippen molar-refractivity contribution in [1.82, 2.24) is 0 Å². The molecule has 1 aromatic carbocycles. The lowest BCUT2D eigenvalue weighted by Gasteiger charge is -2.18. The van der Waals surface area contributed by atoms with Gasteiger partial charge in [-0.25, -0.2) is 0 Å². The Morgan fingerprint density at radius 3 is 2.74 bits per heavy atom. The summed E-state index contributed by atoms with van der Waals surface area (Å²) < 4.78 is 0. The molecule has 0 aliphatic rings. The van der Waals surface area contributed by atoms with Gasteiger partial charge in [0.2, 0.25) is 0 Å². The fourth-order valence-corrected chi connectivity index (χ4v) is 2.67. The highest BCUT2D eigenvalue weighted by molar-refractivity contribution is 7.80. The van der Waals surface area contributed by atoms with Crippen LogP contribution in [0.3, 0.4) is 0 Å². The molecule has 4 heteroatoms. The number of nitrogens with two attached hydrogens (primary N) is 1. The van der Waals surface area contributed by atoms with Crippen molar-refractivity contribution in [2.45, 2.75) is 39.5 Å². The molecule has 0 amide bonds. The van der Waals surface area contributed by atoms with Gasteiger partial charge < -0.3 is 11.1 Å². The van der Waals surface area contributed by atoms with E-state index >= 15 is 0 Å². The zero-order valence-corrected chi connectivity index (χ0v) is 13.3. The molecule has 1 rings (SSSR count). The summed E-state index contributed by atoms with van der Waals surface area (Å²) in [5, 5.41) is 4.05. The minimum Gasteiger partial charge on any atom is -0.389 e. The standard InChI is InChI=1S/C15H23ClN2S/c1-3-5-7-11(4-2)10-18-13-9-6-8-12(16)14(13)15(17)19/h6,8-9,11,18H,3-5,7,10H2,1-2H3,(H2,17,19). The highest BCUT2D eigenvalue weighted by atomic mass is 35.5. The number of hydrogen-bond donors (Lipinski definition) is 2. The van der Waals surface area contributed by atoms with Crippen molar-refractivity contribution in [3.8, 4) is 0 Å². The van der Waals surface area contributed by atoms with Crippen LogP contribution in [0.15, 0.2) is 18.2 Å². The quantitative estimate of drug-likeness (QED) is 0.689. The first-order valence-corrected chi connectivity index (χ1v) is 7.70. The van der Waals surface area contributed by atoms with E-state index in [1.807, 2.05) is 18.2 Å². The summed E-state index contributed by atoms with van der Waals surface area (Å²) in [7, 11) is 0. The summed E-state index contributed by atoms with van der Waals surface area (Å²) >= 11 is 11.2. The van der Waals surface area contributed by atoms with Crippen molar-refractivity contribution in [3.05, 3.63) is 28.8 Å². The Hall–Kier alpha value is -0.800. The first-order chi connectivity index (χ1) is 9.10. The molecule has 1 unspecified atom stereocenters. The third-order valence-electron chi connectivity index (χ3n) is 3.38. The van der Waals surface area contributed by atoms with Crippen LogP contribution in [0.25, 0.3) is 0 Å². The van der Waals surface area contributed by atoms with Crippen LogP contribution in [0.5, 0.6) is 0 Å². The number of rotatable bonds is 8. The molecule has 2 nitrogen and oxygen atoms in total. The molecule has 0 aromatic heterocycles. The van der Waals surface area contributed by atoms with E-state index in [0.29, 0.717) is 15.9 Å². The predicted molar refractivity (Wildman–Crippen MR) is 89.1 cm³/mol. The van der Waals surface area contributed by atoms with E-state index in [-0.39, 0.29) is 0 Å². The Kier molecular flexibility index (Phi) is 7.17.